The quantitative estimate of drug-likeness (QED) is 0.657. The molecule has 0 aliphatic carbocycles. The lowest BCUT2D eigenvalue weighted by Gasteiger charge is -2.20. The SMILES string of the molecule is COc1cccc(C(NC(=S)NCc2ccc(C(C)(C)C)cc2)C(=O)O)c1. The van der Waals surface area contributed by atoms with E-state index in [0.717, 1.165) is 5.56 Å². The van der Waals surface area contributed by atoms with Gasteiger partial charge in [0.15, 0.2) is 11.2 Å². The topological polar surface area (TPSA) is 70.6 Å². The van der Waals surface area contributed by atoms with Gasteiger partial charge in [-0.1, -0.05) is 57.2 Å². The van der Waals surface area contributed by atoms with Gasteiger partial charge in [-0.05, 0) is 46.5 Å². The molecule has 0 aliphatic rings. The number of hydrogen-bond donors (Lipinski definition) is 3. The minimum Gasteiger partial charge on any atom is -0.497 e. The Morgan fingerprint density at radius 1 is 1.19 bits per heavy atom. The molecule has 2 aromatic rings. The fourth-order valence-corrected chi connectivity index (χ4v) is 2.79. The summed E-state index contributed by atoms with van der Waals surface area (Å²) in [5, 5.41) is 15.7. The molecule has 0 aliphatic heterocycles. The highest BCUT2D eigenvalue weighted by Gasteiger charge is 2.21. The zero-order chi connectivity index (χ0) is 20.0. The third-order valence-corrected chi connectivity index (χ3v) is 4.48. The standard InChI is InChI=1S/C21H26N2O3S/c1-21(2,3)16-10-8-14(9-11-16)13-22-20(27)23-18(19(24)25)15-6-5-7-17(12-15)26-4/h5-12,18H,13H2,1-4H3,(H,24,25)(H2,22,23,27). The Hall–Kier alpha value is -2.60. The summed E-state index contributed by atoms with van der Waals surface area (Å²) in [5.41, 5.74) is 3.01. The predicted octanol–water partition coefficient (Wildman–Crippen LogP) is 3.78. The second kappa shape index (κ2) is 8.86. The van der Waals surface area contributed by atoms with Crippen LogP contribution in [0.3, 0.4) is 0 Å². The van der Waals surface area contributed by atoms with Crippen molar-refractivity contribution in [1.29, 1.82) is 0 Å². The molecule has 2 rings (SSSR count). The number of carboxylic acids is 1. The van der Waals surface area contributed by atoms with Crippen molar-refractivity contribution < 1.29 is 14.6 Å². The van der Waals surface area contributed by atoms with Crippen molar-refractivity contribution in [3.05, 3.63) is 65.2 Å². The van der Waals surface area contributed by atoms with E-state index in [0.29, 0.717) is 17.9 Å². The first-order valence-electron chi connectivity index (χ1n) is 8.71. The molecule has 0 amide bonds. The van der Waals surface area contributed by atoms with Gasteiger partial charge in [0.2, 0.25) is 0 Å². The summed E-state index contributed by atoms with van der Waals surface area (Å²) in [5.74, 6) is -0.416. The predicted molar refractivity (Wildman–Crippen MR) is 111 cm³/mol. The molecule has 5 nitrogen and oxygen atoms in total. The first-order chi connectivity index (χ1) is 12.7. The average Bonchev–Trinajstić information content (AvgIpc) is 2.63. The maximum Gasteiger partial charge on any atom is 0.330 e. The van der Waals surface area contributed by atoms with Gasteiger partial charge < -0.3 is 20.5 Å². The molecule has 0 fully saturated rings. The van der Waals surface area contributed by atoms with E-state index in [9.17, 15) is 9.90 Å². The van der Waals surface area contributed by atoms with Gasteiger partial charge in [0.05, 0.1) is 7.11 Å². The number of hydrogen-bond acceptors (Lipinski definition) is 3. The van der Waals surface area contributed by atoms with Crippen LogP contribution in [0.1, 0.15) is 43.5 Å². The summed E-state index contributed by atoms with van der Waals surface area (Å²) in [6, 6.07) is 14.3. The Balaban J connectivity index is 1.99. The maximum atomic E-state index is 11.7. The van der Waals surface area contributed by atoms with E-state index in [1.807, 2.05) is 12.1 Å². The summed E-state index contributed by atoms with van der Waals surface area (Å²) in [7, 11) is 1.54. The lowest BCUT2D eigenvalue weighted by Crippen LogP contribution is -2.40. The number of rotatable bonds is 6. The molecular formula is C21H26N2O3S. The highest BCUT2D eigenvalue weighted by molar-refractivity contribution is 7.80. The van der Waals surface area contributed by atoms with Gasteiger partial charge >= 0.3 is 5.97 Å². The Morgan fingerprint density at radius 3 is 2.41 bits per heavy atom. The summed E-state index contributed by atoms with van der Waals surface area (Å²) < 4.78 is 5.16. The number of carboxylic acid groups (broad SMARTS) is 1. The van der Waals surface area contributed by atoms with Crippen LogP contribution in [0.15, 0.2) is 48.5 Å². The molecule has 144 valence electrons. The number of aliphatic carboxylic acids is 1. The van der Waals surface area contributed by atoms with Crippen LogP contribution >= 0.6 is 12.2 Å². The second-order valence-electron chi connectivity index (χ2n) is 7.32. The average molecular weight is 387 g/mol. The Kier molecular flexibility index (Phi) is 6.80. The molecule has 0 heterocycles. The first kappa shape index (κ1) is 20.7. The van der Waals surface area contributed by atoms with Gasteiger partial charge in [-0.2, -0.15) is 0 Å². The van der Waals surface area contributed by atoms with E-state index in [1.165, 1.54) is 5.56 Å². The number of benzene rings is 2. The van der Waals surface area contributed by atoms with Gasteiger partial charge in [0.25, 0.3) is 0 Å². The van der Waals surface area contributed by atoms with Crippen LogP contribution in [0.4, 0.5) is 0 Å². The van der Waals surface area contributed by atoms with Crippen molar-refractivity contribution in [2.75, 3.05) is 7.11 Å². The van der Waals surface area contributed by atoms with Gasteiger partial charge in [-0.3, -0.25) is 0 Å². The van der Waals surface area contributed by atoms with Crippen molar-refractivity contribution >= 4 is 23.3 Å². The number of thiocarbonyl (C=S) groups is 1. The third-order valence-electron chi connectivity index (χ3n) is 4.22. The fraction of sp³-hybridized carbons (Fsp3) is 0.333. The largest absolute Gasteiger partial charge is 0.497 e. The van der Waals surface area contributed by atoms with Crippen molar-refractivity contribution in [3.63, 3.8) is 0 Å². The molecular weight excluding hydrogens is 360 g/mol. The smallest absolute Gasteiger partial charge is 0.330 e. The fourth-order valence-electron chi connectivity index (χ4n) is 2.60. The zero-order valence-electron chi connectivity index (χ0n) is 16.1. The molecule has 0 aromatic heterocycles. The van der Waals surface area contributed by atoms with E-state index in [2.05, 4.69) is 43.5 Å². The highest BCUT2D eigenvalue weighted by atomic mass is 32.1. The summed E-state index contributed by atoms with van der Waals surface area (Å²) in [4.78, 5) is 11.7. The number of methoxy groups -OCH3 is 1. The minimum absolute atomic E-state index is 0.105. The van der Waals surface area contributed by atoms with E-state index in [4.69, 9.17) is 17.0 Å². The molecule has 0 saturated heterocycles. The Bertz CT molecular complexity index is 798. The molecule has 3 N–H and O–H groups in total. The molecule has 6 heteroatoms. The lowest BCUT2D eigenvalue weighted by atomic mass is 9.87. The van der Waals surface area contributed by atoms with Gasteiger partial charge in [-0.25, -0.2) is 4.79 Å². The van der Waals surface area contributed by atoms with Crippen LogP contribution in [-0.2, 0) is 16.8 Å². The van der Waals surface area contributed by atoms with E-state index >= 15 is 0 Å². The molecule has 2 aromatic carbocycles. The second-order valence-corrected chi connectivity index (χ2v) is 7.73. The minimum atomic E-state index is -1.01. The van der Waals surface area contributed by atoms with Crippen LogP contribution in [0, 0.1) is 0 Å². The molecule has 0 saturated carbocycles. The number of nitrogens with one attached hydrogen (secondary N) is 2. The lowest BCUT2D eigenvalue weighted by molar-refractivity contribution is -0.139. The maximum absolute atomic E-state index is 11.7. The highest BCUT2D eigenvalue weighted by Crippen LogP contribution is 2.22. The van der Waals surface area contributed by atoms with Crippen molar-refractivity contribution in [1.82, 2.24) is 10.6 Å². The molecule has 1 unspecified atom stereocenters. The van der Waals surface area contributed by atoms with Crippen LogP contribution in [0.2, 0.25) is 0 Å². The van der Waals surface area contributed by atoms with Crippen molar-refractivity contribution in [3.8, 4) is 5.75 Å². The molecule has 0 radical (unpaired) electrons. The Morgan fingerprint density at radius 2 is 1.85 bits per heavy atom. The number of ether oxygens (including phenoxy) is 1. The normalized spacial score (nSPS) is 12.1. The monoisotopic (exact) mass is 386 g/mol. The van der Waals surface area contributed by atoms with E-state index < -0.39 is 12.0 Å². The first-order valence-corrected chi connectivity index (χ1v) is 9.12. The van der Waals surface area contributed by atoms with Crippen LogP contribution in [-0.4, -0.2) is 23.3 Å². The van der Waals surface area contributed by atoms with Gasteiger partial charge in [0.1, 0.15) is 5.75 Å². The molecule has 27 heavy (non-hydrogen) atoms. The van der Waals surface area contributed by atoms with Crippen LogP contribution in [0.25, 0.3) is 0 Å². The molecule has 0 spiro atoms. The zero-order valence-corrected chi connectivity index (χ0v) is 16.9. The number of carbonyl (C=O) groups is 1. The van der Waals surface area contributed by atoms with E-state index in [-0.39, 0.29) is 10.5 Å². The summed E-state index contributed by atoms with van der Waals surface area (Å²) >= 11 is 5.28. The van der Waals surface area contributed by atoms with Crippen LogP contribution < -0.4 is 15.4 Å². The molecule has 0 bridgehead atoms. The van der Waals surface area contributed by atoms with Crippen molar-refractivity contribution in [2.45, 2.75) is 38.8 Å². The van der Waals surface area contributed by atoms with Gasteiger partial charge in [0, 0.05) is 6.54 Å². The van der Waals surface area contributed by atoms with Crippen molar-refractivity contribution in [2.24, 2.45) is 0 Å². The van der Waals surface area contributed by atoms with E-state index in [1.54, 1.807) is 31.4 Å². The Labute approximate surface area is 165 Å². The summed E-state index contributed by atoms with van der Waals surface area (Å²) in [6.07, 6.45) is 0. The van der Waals surface area contributed by atoms with Gasteiger partial charge in [-0.15, -0.1) is 0 Å². The molecule has 1 atom stereocenters. The third kappa shape index (κ3) is 5.96. The van der Waals surface area contributed by atoms with Crippen LogP contribution in [0.5, 0.6) is 5.75 Å². The summed E-state index contributed by atoms with van der Waals surface area (Å²) in [6.45, 7) is 7.03.